The van der Waals surface area contributed by atoms with Gasteiger partial charge in [-0.15, -0.1) is 0 Å². The number of nitrogens with zero attached hydrogens (tertiary/aromatic N) is 1. The van der Waals surface area contributed by atoms with Crippen molar-refractivity contribution >= 4 is 17.4 Å². The minimum atomic E-state index is 0.715. The lowest BCUT2D eigenvalue weighted by Crippen LogP contribution is -2.22. The molecule has 0 aliphatic heterocycles. The monoisotopic (exact) mass is 238 g/mol. The molecule has 0 amide bonds. The van der Waals surface area contributed by atoms with E-state index in [-0.39, 0.29) is 0 Å². The van der Waals surface area contributed by atoms with Crippen molar-refractivity contribution in [3.63, 3.8) is 0 Å². The number of hydrogen-bond donors (Lipinski definition) is 1. The van der Waals surface area contributed by atoms with Crippen molar-refractivity contribution < 1.29 is 0 Å². The normalized spacial score (nSPS) is 10.5. The zero-order valence-corrected chi connectivity index (χ0v) is 11.3. The highest BCUT2D eigenvalue weighted by Gasteiger charge is 2.06. The van der Waals surface area contributed by atoms with Crippen LogP contribution in [0.3, 0.4) is 0 Å². The number of rotatable bonds is 6. The number of nitrogens with two attached hydrogens (primary N) is 1. The Bertz CT molecular complexity index is 326. The van der Waals surface area contributed by atoms with Gasteiger partial charge in [-0.1, -0.05) is 17.7 Å². The molecule has 0 saturated heterocycles. The van der Waals surface area contributed by atoms with Crippen LogP contribution in [-0.2, 0) is 6.42 Å². The zero-order valence-electron chi connectivity index (χ0n) is 10.5. The predicted octanol–water partition coefficient (Wildman–Crippen LogP) is 2.30. The van der Waals surface area contributed by atoms with E-state index in [0.29, 0.717) is 6.54 Å². The molecule has 2 N–H and O–H groups in total. The third-order valence-electron chi connectivity index (χ3n) is 2.69. The van der Waals surface area contributed by atoms with E-state index in [4.69, 9.17) is 5.73 Å². The van der Waals surface area contributed by atoms with E-state index in [1.54, 1.807) is 0 Å². The second-order valence-corrected chi connectivity index (χ2v) is 5.07. The van der Waals surface area contributed by atoms with Crippen LogP contribution in [0.4, 0.5) is 5.69 Å². The smallest absolute Gasteiger partial charge is 0.0397 e. The molecule has 1 aromatic rings. The average Bonchev–Trinajstić information content (AvgIpc) is 2.26. The maximum atomic E-state index is 5.66. The first kappa shape index (κ1) is 13.4. The van der Waals surface area contributed by atoms with Crippen LogP contribution in [0, 0.1) is 6.92 Å². The van der Waals surface area contributed by atoms with Crippen LogP contribution in [0.25, 0.3) is 0 Å². The van der Waals surface area contributed by atoms with Gasteiger partial charge in [0.05, 0.1) is 0 Å². The molecule has 0 atom stereocenters. The van der Waals surface area contributed by atoms with Crippen molar-refractivity contribution in [3.8, 4) is 0 Å². The van der Waals surface area contributed by atoms with Crippen LogP contribution in [-0.4, -0.2) is 32.1 Å². The molecule has 0 unspecified atom stereocenters. The van der Waals surface area contributed by atoms with Gasteiger partial charge < -0.3 is 10.6 Å². The molecule has 1 rings (SSSR count). The van der Waals surface area contributed by atoms with Crippen molar-refractivity contribution in [2.45, 2.75) is 13.3 Å². The summed E-state index contributed by atoms with van der Waals surface area (Å²) >= 11 is 1.88. The second kappa shape index (κ2) is 6.81. The van der Waals surface area contributed by atoms with Gasteiger partial charge in [0.25, 0.3) is 0 Å². The second-order valence-electron chi connectivity index (χ2n) is 4.09. The van der Waals surface area contributed by atoms with Crippen molar-refractivity contribution in [2.75, 3.05) is 37.0 Å². The topological polar surface area (TPSA) is 29.3 Å². The Hall–Kier alpha value is -0.670. The summed E-state index contributed by atoms with van der Waals surface area (Å²) in [4.78, 5) is 2.32. The molecule has 0 spiro atoms. The van der Waals surface area contributed by atoms with Gasteiger partial charge in [0, 0.05) is 25.0 Å². The summed E-state index contributed by atoms with van der Waals surface area (Å²) in [7, 11) is 2.15. The van der Waals surface area contributed by atoms with Gasteiger partial charge in [0.15, 0.2) is 0 Å². The Kier molecular flexibility index (Phi) is 5.71. The molecule has 0 aliphatic carbocycles. The van der Waals surface area contributed by atoms with Gasteiger partial charge in [-0.2, -0.15) is 11.8 Å². The summed E-state index contributed by atoms with van der Waals surface area (Å²) in [6.07, 6.45) is 3.10. The largest absolute Gasteiger partial charge is 0.374 e. The lowest BCUT2D eigenvalue weighted by atomic mass is 10.1. The molecule has 16 heavy (non-hydrogen) atoms. The molecule has 2 nitrogen and oxygen atoms in total. The molecule has 0 fully saturated rings. The Morgan fingerprint density at radius 1 is 1.38 bits per heavy atom. The molecule has 3 heteroatoms. The van der Waals surface area contributed by atoms with Crippen LogP contribution in [0.1, 0.15) is 11.1 Å². The van der Waals surface area contributed by atoms with E-state index in [9.17, 15) is 0 Å². The fourth-order valence-electron chi connectivity index (χ4n) is 1.79. The molecule has 0 aliphatic rings. The highest BCUT2D eigenvalue weighted by Crippen LogP contribution is 2.21. The SMILES string of the molecule is CSCCN(C)c1ccc(C)cc1CCN. The van der Waals surface area contributed by atoms with Crippen LogP contribution in [0.5, 0.6) is 0 Å². The van der Waals surface area contributed by atoms with E-state index >= 15 is 0 Å². The van der Waals surface area contributed by atoms with Gasteiger partial charge >= 0.3 is 0 Å². The maximum absolute atomic E-state index is 5.66. The number of hydrogen-bond acceptors (Lipinski definition) is 3. The quantitative estimate of drug-likeness (QED) is 0.824. The fraction of sp³-hybridized carbons (Fsp3) is 0.538. The molecule has 1 aromatic carbocycles. The van der Waals surface area contributed by atoms with Gasteiger partial charge in [-0.05, 0) is 37.8 Å². The average molecular weight is 238 g/mol. The summed E-state index contributed by atoms with van der Waals surface area (Å²) in [5.41, 5.74) is 9.66. The van der Waals surface area contributed by atoms with Gasteiger partial charge in [-0.25, -0.2) is 0 Å². The maximum Gasteiger partial charge on any atom is 0.0397 e. The molecular formula is C13H22N2S. The minimum Gasteiger partial charge on any atom is -0.374 e. The van der Waals surface area contributed by atoms with Crippen molar-refractivity contribution in [1.29, 1.82) is 0 Å². The van der Waals surface area contributed by atoms with E-state index in [2.05, 4.69) is 43.3 Å². The molecular weight excluding hydrogens is 216 g/mol. The number of thioether (sulfide) groups is 1. The molecule has 0 saturated carbocycles. The van der Waals surface area contributed by atoms with Crippen LogP contribution >= 0.6 is 11.8 Å². The van der Waals surface area contributed by atoms with Crippen molar-refractivity contribution in [1.82, 2.24) is 0 Å². The van der Waals surface area contributed by atoms with E-state index in [0.717, 1.165) is 18.7 Å². The summed E-state index contributed by atoms with van der Waals surface area (Å²) in [5.74, 6) is 1.16. The van der Waals surface area contributed by atoms with Crippen LogP contribution < -0.4 is 10.6 Å². The standard InChI is InChI=1S/C13H22N2S/c1-11-4-5-13(12(10-11)6-7-14)15(2)8-9-16-3/h4-5,10H,6-9,14H2,1-3H3. The van der Waals surface area contributed by atoms with E-state index < -0.39 is 0 Å². The van der Waals surface area contributed by atoms with Gasteiger partial charge in [0.1, 0.15) is 0 Å². The Morgan fingerprint density at radius 3 is 2.75 bits per heavy atom. The van der Waals surface area contributed by atoms with Crippen LogP contribution in [0.15, 0.2) is 18.2 Å². The third kappa shape index (κ3) is 3.72. The summed E-state index contributed by atoms with van der Waals surface area (Å²) < 4.78 is 0. The first-order chi connectivity index (χ1) is 7.69. The summed E-state index contributed by atoms with van der Waals surface area (Å²) in [6, 6.07) is 6.63. The Labute approximate surface area is 103 Å². The zero-order chi connectivity index (χ0) is 12.0. The lowest BCUT2D eigenvalue weighted by molar-refractivity contribution is 0.922. The highest BCUT2D eigenvalue weighted by molar-refractivity contribution is 7.98. The fourth-order valence-corrected chi connectivity index (χ4v) is 2.25. The number of anilines is 1. The third-order valence-corrected chi connectivity index (χ3v) is 3.28. The molecule has 0 bridgehead atoms. The molecule has 90 valence electrons. The molecule has 0 radical (unpaired) electrons. The first-order valence-corrected chi connectivity index (χ1v) is 7.08. The summed E-state index contributed by atoms with van der Waals surface area (Å²) in [5, 5.41) is 0. The first-order valence-electron chi connectivity index (χ1n) is 5.68. The van der Waals surface area contributed by atoms with Crippen molar-refractivity contribution in [2.24, 2.45) is 5.73 Å². The number of benzene rings is 1. The lowest BCUT2D eigenvalue weighted by Gasteiger charge is -2.22. The summed E-state index contributed by atoms with van der Waals surface area (Å²) in [6.45, 7) is 3.93. The minimum absolute atomic E-state index is 0.715. The predicted molar refractivity (Wildman–Crippen MR) is 75.6 cm³/mol. The Balaban J connectivity index is 2.84. The number of aryl methyl sites for hydroxylation is 1. The van der Waals surface area contributed by atoms with Gasteiger partial charge in [0.2, 0.25) is 0 Å². The molecule has 0 aromatic heterocycles. The van der Waals surface area contributed by atoms with Gasteiger partial charge in [-0.3, -0.25) is 0 Å². The van der Waals surface area contributed by atoms with E-state index in [1.165, 1.54) is 16.8 Å². The van der Waals surface area contributed by atoms with Crippen LogP contribution in [0.2, 0.25) is 0 Å². The van der Waals surface area contributed by atoms with Crippen molar-refractivity contribution in [3.05, 3.63) is 29.3 Å². The highest BCUT2D eigenvalue weighted by atomic mass is 32.2. The molecule has 0 heterocycles. The Morgan fingerprint density at radius 2 is 2.12 bits per heavy atom. The van der Waals surface area contributed by atoms with E-state index in [1.807, 2.05) is 11.8 Å².